The molecule has 11 heavy (non-hydrogen) atoms. The molecule has 0 aromatic carbocycles. The molecule has 0 spiro atoms. The molecule has 3 heteroatoms. The lowest BCUT2D eigenvalue weighted by Gasteiger charge is -2.22. The fourth-order valence-corrected chi connectivity index (χ4v) is 3.04. The van der Waals surface area contributed by atoms with Crippen LogP contribution < -0.4 is 0 Å². The van der Waals surface area contributed by atoms with Crippen LogP contribution in [0.4, 0.5) is 0 Å². The number of carboxylic acid groups (broad SMARTS) is 1. The Morgan fingerprint density at radius 1 is 1.55 bits per heavy atom. The van der Waals surface area contributed by atoms with Gasteiger partial charge in [0.25, 0.3) is 0 Å². The highest BCUT2D eigenvalue weighted by Crippen LogP contribution is 2.41. The van der Waals surface area contributed by atoms with Gasteiger partial charge in [-0.25, -0.2) is 0 Å². The number of rotatable bonds is 3. The summed E-state index contributed by atoms with van der Waals surface area (Å²) in [5.74, 6) is -0.565. The maximum Gasteiger partial charge on any atom is 0.309 e. The number of carboxylic acids is 1. The summed E-state index contributed by atoms with van der Waals surface area (Å²) in [6.07, 6.45) is 4.92. The van der Waals surface area contributed by atoms with E-state index in [1.807, 2.05) is 0 Å². The predicted molar refractivity (Wildman–Crippen MR) is 47.6 cm³/mol. The molecule has 0 amide bonds. The summed E-state index contributed by atoms with van der Waals surface area (Å²) in [6.45, 7) is 2.09. The largest absolute Gasteiger partial charge is 0.481 e. The van der Waals surface area contributed by atoms with Crippen LogP contribution in [0.3, 0.4) is 0 Å². The molecule has 1 aliphatic rings. The summed E-state index contributed by atoms with van der Waals surface area (Å²) < 4.78 is 0. The second-order valence-electron chi connectivity index (χ2n) is 3.32. The highest BCUT2D eigenvalue weighted by Gasteiger charge is 2.40. The van der Waals surface area contributed by atoms with Crippen LogP contribution in [0.2, 0.25) is 0 Å². The van der Waals surface area contributed by atoms with Crippen molar-refractivity contribution in [2.24, 2.45) is 5.41 Å². The zero-order valence-electron chi connectivity index (χ0n) is 6.89. The van der Waals surface area contributed by atoms with Crippen LogP contribution >= 0.6 is 8.58 Å². The van der Waals surface area contributed by atoms with Crippen molar-refractivity contribution in [3.63, 3.8) is 0 Å². The van der Waals surface area contributed by atoms with Gasteiger partial charge in [0, 0.05) is 0 Å². The van der Waals surface area contributed by atoms with Crippen LogP contribution in [0.5, 0.6) is 0 Å². The van der Waals surface area contributed by atoms with Crippen LogP contribution in [-0.2, 0) is 4.79 Å². The Balaban J connectivity index is 2.62. The average molecular weight is 174 g/mol. The average Bonchev–Trinajstić information content (AvgIpc) is 2.38. The summed E-state index contributed by atoms with van der Waals surface area (Å²) >= 11 is 0. The Labute approximate surface area is 69.2 Å². The summed E-state index contributed by atoms with van der Waals surface area (Å²) in [6, 6.07) is 0. The maximum absolute atomic E-state index is 10.9. The van der Waals surface area contributed by atoms with E-state index in [9.17, 15) is 4.79 Å². The molecule has 1 N–H and O–H groups in total. The van der Waals surface area contributed by atoms with Crippen molar-refractivity contribution in [2.45, 2.75) is 25.7 Å². The predicted octanol–water partition coefficient (Wildman–Crippen LogP) is 1.94. The van der Waals surface area contributed by atoms with E-state index in [0.29, 0.717) is 0 Å². The van der Waals surface area contributed by atoms with E-state index in [0.717, 1.165) is 40.4 Å². The van der Waals surface area contributed by atoms with Gasteiger partial charge in [0.05, 0.1) is 5.41 Å². The van der Waals surface area contributed by atoms with Crippen molar-refractivity contribution in [2.75, 3.05) is 12.8 Å². The van der Waals surface area contributed by atoms with E-state index in [4.69, 9.17) is 5.11 Å². The van der Waals surface area contributed by atoms with E-state index >= 15 is 0 Å². The SMILES string of the molecule is CPCC1(C(=O)O)CCCC1. The van der Waals surface area contributed by atoms with Crippen LogP contribution in [0.25, 0.3) is 0 Å². The van der Waals surface area contributed by atoms with Gasteiger partial charge in [-0.3, -0.25) is 4.79 Å². The van der Waals surface area contributed by atoms with Gasteiger partial charge in [0.15, 0.2) is 0 Å². The normalized spacial score (nSPS) is 23.0. The van der Waals surface area contributed by atoms with E-state index in [-0.39, 0.29) is 5.41 Å². The first kappa shape index (κ1) is 8.99. The molecule has 0 heterocycles. The monoisotopic (exact) mass is 174 g/mol. The summed E-state index contributed by atoms with van der Waals surface area (Å²) in [7, 11) is 0.775. The first-order valence-corrected chi connectivity index (χ1v) is 5.80. The molecule has 2 nitrogen and oxygen atoms in total. The third kappa shape index (κ3) is 1.73. The molecular formula is C8H15O2P. The molecule has 0 saturated heterocycles. The van der Waals surface area contributed by atoms with E-state index in [1.165, 1.54) is 0 Å². The van der Waals surface area contributed by atoms with Crippen molar-refractivity contribution in [1.82, 2.24) is 0 Å². The molecule has 0 aliphatic heterocycles. The summed E-state index contributed by atoms with van der Waals surface area (Å²) in [5, 5.41) is 9.00. The van der Waals surface area contributed by atoms with Crippen molar-refractivity contribution in [3.8, 4) is 0 Å². The topological polar surface area (TPSA) is 37.3 Å². The minimum absolute atomic E-state index is 0.326. The lowest BCUT2D eigenvalue weighted by Crippen LogP contribution is -2.29. The highest BCUT2D eigenvalue weighted by atomic mass is 31.1. The van der Waals surface area contributed by atoms with Crippen LogP contribution in [0, 0.1) is 5.41 Å². The van der Waals surface area contributed by atoms with Gasteiger partial charge in [-0.05, 0) is 25.7 Å². The molecule has 1 saturated carbocycles. The van der Waals surface area contributed by atoms with Gasteiger partial charge >= 0.3 is 5.97 Å². The van der Waals surface area contributed by atoms with Crippen LogP contribution in [0.15, 0.2) is 0 Å². The highest BCUT2D eigenvalue weighted by molar-refractivity contribution is 7.37. The lowest BCUT2D eigenvalue weighted by atomic mass is 9.89. The molecule has 64 valence electrons. The molecule has 1 unspecified atom stereocenters. The molecule has 1 rings (SSSR count). The van der Waals surface area contributed by atoms with E-state index in [2.05, 4.69) is 6.66 Å². The Hall–Kier alpha value is -0.100. The number of aliphatic carboxylic acids is 1. The minimum atomic E-state index is -0.565. The molecule has 0 bridgehead atoms. The van der Waals surface area contributed by atoms with Gasteiger partial charge in [-0.1, -0.05) is 12.8 Å². The summed E-state index contributed by atoms with van der Waals surface area (Å²) in [5.41, 5.74) is -0.326. The zero-order valence-corrected chi connectivity index (χ0v) is 7.89. The van der Waals surface area contributed by atoms with Crippen molar-refractivity contribution < 1.29 is 9.90 Å². The summed E-state index contributed by atoms with van der Waals surface area (Å²) in [4.78, 5) is 10.9. The smallest absolute Gasteiger partial charge is 0.309 e. The Morgan fingerprint density at radius 3 is 2.45 bits per heavy atom. The van der Waals surface area contributed by atoms with Crippen LogP contribution in [0.1, 0.15) is 25.7 Å². The van der Waals surface area contributed by atoms with Gasteiger partial charge in [-0.15, -0.1) is 8.58 Å². The molecular weight excluding hydrogens is 159 g/mol. The van der Waals surface area contributed by atoms with Gasteiger partial charge < -0.3 is 5.11 Å². The Kier molecular flexibility index (Phi) is 2.89. The Bertz CT molecular complexity index is 150. The van der Waals surface area contributed by atoms with Gasteiger partial charge in [0.2, 0.25) is 0 Å². The molecule has 1 aliphatic carbocycles. The fourth-order valence-electron chi connectivity index (χ4n) is 1.86. The molecule has 0 aromatic heterocycles. The van der Waals surface area contributed by atoms with E-state index < -0.39 is 5.97 Å². The van der Waals surface area contributed by atoms with Gasteiger partial charge in [0.1, 0.15) is 0 Å². The third-order valence-electron chi connectivity index (χ3n) is 2.53. The van der Waals surface area contributed by atoms with E-state index in [1.54, 1.807) is 0 Å². The second kappa shape index (κ2) is 3.53. The maximum atomic E-state index is 10.9. The van der Waals surface area contributed by atoms with Gasteiger partial charge in [-0.2, -0.15) is 0 Å². The zero-order chi connectivity index (χ0) is 8.32. The minimum Gasteiger partial charge on any atom is -0.481 e. The molecule has 0 aromatic rings. The first-order chi connectivity index (χ1) is 5.21. The second-order valence-corrected chi connectivity index (χ2v) is 4.38. The number of carbonyl (C=O) groups is 1. The molecule has 1 fully saturated rings. The van der Waals surface area contributed by atoms with Crippen molar-refractivity contribution >= 4 is 14.6 Å². The van der Waals surface area contributed by atoms with Crippen molar-refractivity contribution in [1.29, 1.82) is 0 Å². The first-order valence-electron chi connectivity index (χ1n) is 4.09. The lowest BCUT2D eigenvalue weighted by molar-refractivity contribution is -0.147. The molecule has 0 radical (unpaired) electrons. The number of hydrogen-bond donors (Lipinski definition) is 1. The fraction of sp³-hybridized carbons (Fsp3) is 0.875. The Morgan fingerprint density at radius 2 is 2.09 bits per heavy atom. The van der Waals surface area contributed by atoms with Crippen LogP contribution in [-0.4, -0.2) is 23.9 Å². The number of hydrogen-bond acceptors (Lipinski definition) is 1. The standard InChI is InChI=1S/C8H15O2P/c1-11-6-8(7(9)10)4-2-3-5-8/h11H,2-6H2,1H3,(H,9,10). The quantitative estimate of drug-likeness (QED) is 0.664. The third-order valence-corrected chi connectivity index (χ3v) is 3.56. The van der Waals surface area contributed by atoms with Crippen molar-refractivity contribution in [3.05, 3.63) is 0 Å². The molecule has 1 atom stereocenters.